The summed E-state index contributed by atoms with van der Waals surface area (Å²) in [5, 5.41) is 0.601. The molecule has 54 valence electrons. The maximum atomic E-state index is 10.2. The number of amides is 1. The quantitative estimate of drug-likeness (QED) is 0.644. The standard InChI is InChI=1S/C6H13NOS/c1-5(2)9-4-3-6(7)8/h5H,3-4H2,1-2H3,(H2,7,8). The van der Waals surface area contributed by atoms with Crippen molar-refractivity contribution >= 4 is 17.7 Å². The van der Waals surface area contributed by atoms with E-state index in [1.807, 2.05) is 0 Å². The van der Waals surface area contributed by atoms with E-state index in [0.29, 0.717) is 11.7 Å². The Morgan fingerprint density at radius 1 is 1.67 bits per heavy atom. The predicted octanol–water partition coefficient (Wildman–Crippen LogP) is 1.00. The smallest absolute Gasteiger partial charge is 0.218 e. The maximum absolute atomic E-state index is 10.2. The van der Waals surface area contributed by atoms with Crippen molar-refractivity contribution in [1.29, 1.82) is 0 Å². The van der Waals surface area contributed by atoms with Crippen molar-refractivity contribution < 1.29 is 4.79 Å². The van der Waals surface area contributed by atoms with E-state index in [1.54, 1.807) is 11.8 Å². The highest BCUT2D eigenvalue weighted by Gasteiger charge is 1.96. The molecule has 0 unspecified atom stereocenters. The number of carbonyl (C=O) groups is 1. The second kappa shape index (κ2) is 4.68. The van der Waals surface area contributed by atoms with Crippen molar-refractivity contribution in [3.05, 3.63) is 0 Å². The van der Waals surface area contributed by atoms with Crippen LogP contribution in [0, 0.1) is 0 Å². The first kappa shape index (κ1) is 8.82. The van der Waals surface area contributed by atoms with E-state index < -0.39 is 0 Å². The molecule has 9 heavy (non-hydrogen) atoms. The lowest BCUT2D eigenvalue weighted by atomic mass is 10.5. The second-order valence-electron chi connectivity index (χ2n) is 2.14. The van der Waals surface area contributed by atoms with Gasteiger partial charge >= 0.3 is 0 Å². The van der Waals surface area contributed by atoms with Gasteiger partial charge in [0.15, 0.2) is 0 Å². The van der Waals surface area contributed by atoms with E-state index in [9.17, 15) is 4.79 Å². The molecule has 2 nitrogen and oxygen atoms in total. The van der Waals surface area contributed by atoms with Gasteiger partial charge in [-0.15, -0.1) is 0 Å². The number of thioether (sulfide) groups is 1. The van der Waals surface area contributed by atoms with Crippen LogP contribution in [-0.4, -0.2) is 16.9 Å². The van der Waals surface area contributed by atoms with Crippen molar-refractivity contribution in [2.75, 3.05) is 5.75 Å². The Morgan fingerprint density at radius 2 is 2.22 bits per heavy atom. The monoisotopic (exact) mass is 147 g/mol. The normalized spacial score (nSPS) is 10.1. The Hall–Kier alpha value is -0.180. The lowest BCUT2D eigenvalue weighted by Crippen LogP contribution is -2.11. The lowest BCUT2D eigenvalue weighted by Gasteiger charge is -2.00. The van der Waals surface area contributed by atoms with Crippen LogP contribution in [0.25, 0.3) is 0 Å². The van der Waals surface area contributed by atoms with Gasteiger partial charge in [0.2, 0.25) is 5.91 Å². The Balaban J connectivity index is 3.01. The van der Waals surface area contributed by atoms with Gasteiger partial charge in [-0.1, -0.05) is 13.8 Å². The summed E-state index contributed by atoms with van der Waals surface area (Å²) >= 11 is 1.76. The molecule has 2 N–H and O–H groups in total. The first-order valence-corrected chi connectivity index (χ1v) is 4.07. The predicted molar refractivity (Wildman–Crippen MR) is 41.4 cm³/mol. The first-order chi connectivity index (χ1) is 4.13. The number of carbonyl (C=O) groups excluding carboxylic acids is 1. The summed E-state index contributed by atoms with van der Waals surface area (Å²) in [5.41, 5.74) is 4.93. The molecule has 0 aromatic rings. The van der Waals surface area contributed by atoms with Gasteiger partial charge < -0.3 is 5.73 Å². The Bertz CT molecular complexity index is 93.1. The first-order valence-electron chi connectivity index (χ1n) is 3.03. The number of rotatable bonds is 4. The minimum absolute atomic E-state index is 0.205. The molecule has 0 bridgehead atoms. The summed E-state index contributed by atoms with van der Waals surface area (Å²) in [6.45, 7) is 4.21. The topological polar surface area (TPSA) is 43.1 Å². The number of primary amides is 1. The zero-order valence-electron chi connectivity index (χ0n) is 5.89. The third kappa shape index (κ3) is 7.82. The average molecular weight is 147 g/mol. The molecule has 0 aliphatic heterocycles. The van der Waals surface area contributed by atoms with Crippen LogP contribution in [-0.2, 0) is 4.79 Å². The van der Waals surface area contributed by atoms with Crippen molar-refractivity contribution in [3.63, 3.8) is 0 Å². The van der Waals surface area contributed by atoms with E-state index in [1.165, 1.54) is 0 Å². The SMILES string of the molecule is CC(C)SCCC(N)=O. The van der Waals surface area contributed by atoms with E-state index in [4.69, 9.17) is 5.73 Å². The molecule has 0 aliphatic rings. The number of nitrogens with two attached hydrogens (primary N) is 1. The van der Waals surface area contributed by atoms with Crippen LogP contribution in [0.4, 0.5) is 0 Å². The van der Waals surface area contributed by atoms with Gasteiger partial charge in [-0.3, -0.25) is 4.79 Å². The molecule has 0 saturated carbocycles. The molecule has 0 heterocycles. The molecule has 0 aromatic heterocycles. The number of hydrogen-bond acceptors (Lipinski definition) is 2. The van der Waals surface area contributed by atoms with Gasteiger partial charge in [-0.2, -0.15) is 11.8 Å². The fourth-order valence-electron chi connectivity index (χ4n) is 0.395. The van der Waals surface area contributed by atoms with E-state index in [2.05, 4.69) is 13.8 Å². The van der Waals surface area contributed by atoms with E-state index in [0.717, 1.165) is 5.75 Å². The summed E-state index contributed by atoms with van der Waals surface area (Å²) in [4.78, 5) is 10.2. The summed E-state index contributed by atoms with van der Waals surface area (Å²) < 4.78 is 0. The Kier molecular flexibility index (Phi) is 4.58. The molecule has 0 fully saturated rings. The summed E-state index contributed by atoms with van der Waals surface area (Å²) in [5.74, 6) is 0.649. The number of hydrogen-bond donors (Lipinski definition) is 1. The van der Waals surface area contributed by atoms with Gasteiger partial charge in [0.05, 0.1) is 0 Å². The fraction of sp³-hybridized carbons (Fsp3) is 0.833. The Labute approximate surface area is 60.2 Å². The average Bonchev–Trinajstić information content (AvgIpc) is 1.63. The summed E-state index contributed by atoms with van der Waals surface area (Å²) in [6.07, 6.45) is 0.503. The van der Waals surface area contributed by atoms with Crippen molar-refractivity contribution in [2.45, 2.75) is 25.5 Å². The molecule has 0 spiro atoms. The molecule has 3 heteroatoms. The van der Waals surface area contributed by atoms with E-state index in [-0.39, 0.29) is 5.91 Å². The fourth-order valence-corrected chi connectivity index (χ4v) is 1.19. The third-order valence-corrected chi connectivity index (χ3v) is 1.91. The van der Waals surface area contributed by atoms with Gasteiger partial charge in [0.25, 0.3) is 0 Å². The molecule has 0 aliphatic carbocycles. The van der Waals surface area contributed by atoms with Crippen LogP contribution in [0.3, 0.4) is 0 Å². The van der Waals surface area contributed by atoms with Crippen LogP contribution in [0.5, 0.6) is 0 Å². The highest BCUT2D eigenvalue weighted by molar-refractivity contribution is 7.99. The summed E-state index contributed by atoms with van der Waals surface area (Å²) in [6, 6.07) is 0. The molecule has 0 saturated heterocycles. The van der Waals surface area contributed by atoms with Crippen molar-refractivity contribution in [1.82, 2.24) is 0 Å². The van der Waals surface area contributed by atoms with Crippen LogP contribution in [0.2, 0.25) is 0 Å². The molecular formula is C6H13NOS. The second-order valence-corrected chi connectivity index (χ2v) is 3.82. The van der Waals surface area contributed by atoms with Crippen LogP contribution < -0.4 is 5.73 Å². The van der Waals surface area contributed by atoms with Gasteiger partial charge in [-0.05, 0) is 5.25 Å². The molecule has 0 rings (SSSR count). The van der Waals surface area contributed by atoms with Crippen LogP contribution in [0.1, 0.15) is 20.3 Å². The van der Waals surface area contributed by atoms with Crippen molar-refractivity contribution in [3.8, 4) is 0 Å². The minimum atomic E-state index is -0.205. The van der Waals surface area contributed by atoms with Gasteiger partial charge in [-0.25, -0.2) is 0 Å². The zero-order valence-corrected chi connectivity index (χ0v) is 6.70. The largest absolute Gasteiger partial charge is 0.370 e. The van der Waals surface area contributed by atoms with Crippen molar-refractivity contribution in [2.24, 2.45) is 5.73 Å². The molecule has 1 amide bonds. The maximum Gasteiger partial charge on any atom is 0.218 e. The highest BCUT2D eigenvalue weighted by Crippen LogP contribution is 2.09. The summed E-state index contributed by atoms with van der Waals surface area (Å²) in [7, 11) is 0. The lowest BCUT2D eigenvalue weighted by molar-refractivity contribution is -0.117. The molecule has 0 aromatic carbocycles. The molecular weight excluding hydrogens is 134 g/mol. The van der Waals surface area contributed by atoms with Gasteiger partial charge in [0.1, 0.15) is 0 Å². The van der Waals surface area contributed by atoms with Crippen LogP contribution >= 0.6 is 11.8 Å². The van der Waals surface area contributed by atoms with Gasteiger partial charge in [0, 0.05) is 12.2 Å². The minimum Gasteiger partial charge on any atom is -0.370 e. The third-order valence-electron chi connectivity index (χ3n) is 0.800. The Morgan fingerprint density at radius 3 is 2.56 bits per heavy atom. The molecule has 0 radical (unpaired) electrons. The zero-order chi connectivity index (χ0) is 7.28. The van der Waals surface area contributed by atoms with Crippen LogP contribution in [0.15, 0.2) is 0 Å². The van der Waals surface area contributed by atoms with E-state index >= 15 is 0 Å². The molecule has 0 atom stereocenters. The highest BCUT2D eigenvalue weighted by atomic mass is 32.2.